The maximum Gasteiger partial charge on any atom is 0.212 e. The van der Waals surface area contributed by atoms with Gasteiger partial charge in [0.15, 0.2) is 0 Å². The number of nitrogens with zero attached hydrogens (tertiary/aromatic N) is 2. The third-order valence-corrected chi connectivity index (χ3v) is 1.93. The number of fused-ring (bicyclic) bond motifs is 1. The molecule has 2 aromatic rings. The van der Waals surface area contributed by atoms with Crippen LogP contribution in [0.1, 0.15) is 5.69 Å². The molecule has 0 aliphatic heterocycles. The summed E-state index contributed by atoms with van der Waals surface area (Å²) in [5.41, 5.74) is 1.02. The van der Waals surface area contributed by atoms with Gasteiger partial charge in [0.1, 0.15) is 0 Å². The van der Waals surface area contributed by atoms with Crippen molar-refractivity contribution in [1.82, 2.24) is 4.98 Å². The fourth-order valence-electron chi connectivity index (χ4n) is 1.29. The van der Waals surface area contributed by atoms with E-state index in [0.29, 0.717) is 11.4 Å². The monoisotopic (exact) mass is 166 g/mol. The predicted octanol–water partition coefficient (Wildman–Crippen LogP) is 2.84. The molecule has 0 saturated carbocycles. The summed E-state index contributed by atoms with van der Waals surface area (Å²) in [4.78, 5) is 7.31. The molecule has 0 aliphatic carbocycles. The van der Waals surface area contributed by atoms with Gasteiger partial charge in [0.25, 0.3) is 0 Å². The molecule has 0 amide bonds. The Bertz CT molecular complexity index is 495. The second kappa shape index (κ2) is 2.87. The second-order valence-corrected chi connectivity index (χ2v) is 2.69. The van der Waals surface area contributed by atoms with Crippen molar-refractivity contribution in [2.45, 2.75) is 0 Å². The van der Waals surface area contributed by atoms with Crippen LogP contribution in [0.2, 0.25) is 0 Å². The highest BCUT2D eigenvalue weighted by molar-refractivity contribution is 5.95. The molecule has 13 heavy (non-hydrogen) atoms. The summed E-state index contributed by atoms with van der Waals surface area (Å²) in [5, 5.41) is 1.71. The quantitative estimate of drug-likeness (QED) is 0.550. The van der Waals surface area contributed by atoms with Crippen LogP contribution in [0.3, 0.4) is 0 Å². The van der Waals surface area contributed by atoms with Crippen LogP contribution in [0.25, 0.3) is 15.6 Å². The lowest BCUT2D eigenvalue weighted by atomic mass is 10.1. The molecule has 1 aromatic heterocycles. The van der Waals surface area contributed by atoms with Crippen LogP contribution in [0.4, 0.5) is 5.69 Å². The van der Waals surface area contributed by atoms with Crippen LogP contribution < -0.4 is 0 Å². The molecule has 0 bridgehead atoms. The van der Waals surface area contributed by atoms with Gasteiger partial charge in [0, 0.05) is 18.8 Å². The molecule has 0 N–H and O–H groups in total. The number of hydrogen-bond acceptors (Lipinski definition) is 1. The van der Waals surface area contributed by atoms with Crippen molar-refractivity contribution in [3.8, 4) is 0 Å². The average Bonchev–Trinajstić information content (AvgIpc) is 2.19. The van der Waals surface area contributed by atoms with Crippen LogP contribution in [-0.2, 0) is 0 Å². The summed E-state index contributed by atoms with van der Waals surface area (Å²) in [7, 11) is 0. The molecule has 2 heteroatoms. The number of benzene rings is 1. The molecule has 0 fully saturated rings. The molecule has 0 saturated heterocycles. The Morgan fingerprint density at radius 2 is 1.92 bits per heavy atom. The first-order valence-electron chi connectivity index (χ1n) is 3.83. The van der Waals surface area contributed by atoms with Gasteiger partial charge in [-0.15, -0.1) is 0 Å². The van der Waals surface area contributed by atoms with E-state index in [-0.39, 0.29) is 0 Å². The van der Waals surface area contributed by atoms with Gasteiger partial charge < -0.3 is 0 Å². The minimum Gasteiger partial charge on any atom is -0.272 e. The Kier molecular flexibility index (Phi) is 1.71. The van der Waals surface area contributed by atoms with E-state index in [9.17, 15) is 0 Å². The zero-order valence-corrected chi connectivity index (χ0v) is 6.86. The van der Waals surface area contributed by atoms with E-state index in [1.807, 2.05) is 24.3 Å². The van der Waals surface area contributed by atoms with E-state index in [1.54, 1.807) is 0 Å². The third-order valence-electron chi connectivity index (χ3n) is 1.93. The van der Waals surface area contributed by atoms with Crippen molar-refractivity contribution >= 4 is 16.5 Å². The molecule has 0 aliphatic rings. The lowest BCUT2D eigenvalue weighted by Crippen LogP contribution is -1.82. The minimum atomic E-state index is 0.475. The zero-order valence-electron chi connectivity index (χ0n) is 6.86. The average molecular weight is 166 g/mol. The Hall–Kier alpha value is -1.88. The topological polar surface area (TPSA) is 17.2 Å². The van der Waals surface area contributed by atoms with Crippen molar-refractivity contribution < 1.29 is 0 Å². The summed E-state index contributed by atoms with van der Waals surface area (Å²) < 4.78 is 0. The van der Waals surface area contributed by atoms with Crippen molar-refractivity contribution in [1.29, 1.82) is 0 Å². The van der Waals surface area contributed by atoms with Crippen molar-refractivity contribution in [3.05, 3.63) is 54.5 Å². The number of hydrogen-bond donors (Lipinski definition) is 0. The van der Waals surface area contributed by atoms with Crippen LogP contribution >= 0.6 is 0 Å². The van der Waals surface area contributed by atoms with Crippen LogP contribution in [-0.4, -0.2) is 4.98 Å². The van der Waals surface area contributed by atoms with Gasteiger partial charge in [-0.3, -0.25) is 4.98 Å². The molecule has 1 aromatic carbocycles. The maximum atomic E-state index is 6.94. The molecule has 2 radical (unpaired) electrons. The lowest BCUT2D eigenvalue weighted by molar-refractivity contribution is 1.31. The van der Waals surface area contributed by atoms with Crippen LogP contribution in [0.5, 0.6) is 0 Å². The van der Waals surface area contributed by atoms with Crippen LogP contribution in [0, 0.1) is 13.5 Å². The molecular weight excluding hydrogens is 160 g/mol. The van der Waals surface area contributed by atoms with Gasteiger partial charge >= 0.3 is 0 Å². The van der Waals surface area contributed by atoms with Crippen molar-refractivity contribution in [2.75, 3.05) is 0 Å². The summed E-state index contributed by atoms with van der Waals surface area (Å²) in [6.07, 6.45) is 1.50. The van der Waals surface area contributed by atoms with E-state index in [2.05, 4.69) is 9.83 Å². The highest BCUT2D eigenvalue weighted by Crippen LogP contribution is 2.26. The van der Waals surface area contributed by atoms with Gasteiger partial charge in [0.05, 0.1) is 6.57 Å². The van der Waals surface area contributed by atoms with Gasteiger partial charge in [0.2, 0.25) is 5.69 Å². The van der Waals surface area contributed by atoms with Gasteiger partial charge in [-0.05, 0) is 10.8 Å². The SMILES string of the molecule is [C-]#[N+]c1cnc([CH])c2ccccc12. The summed E-state index contributed by atoms with van der Waals surface area (Å²) >= 11 is 0. The normalized spacial score (nSPS) is 9.85. The van der Waals surface area contributed by atoms with Gasteiger partial charge in [-0.25, -0.2) is 4.85 Å². The van der Waals surface area contributed by atoms with Crippen molar-refractivity contribution in [3.63, 3.8) is 0 Å². The lowest BCUT2D eigenvalue weighted by Gasteiger charge is -2.01. The van der Waals surface area contributed by atoms with E-state index in [4.69, 9.17) is 13.5 Å². The first-order valence-corrected chi connectivity index (χ1v) is 3.83. The number of aromatic nitrogens is 1. The Morgan fingerprint density at radius 1 is 1.23 bits per heavy atom. The van der Waals surface area contributed by atoms with E-state index in [0.717, 1.165) is 10.8 Å². The highest BCUT2D eigenvalue weighted by atomic mass is 14.7. The largest absolute Gasteiger partial charge is 0.272 e. The summed E-state index contributed by atoms with van der Waals surface area (Å²) in [6.45, 7) is 12.6. The minimum absolute atomic E-state index is 0.475. The fraction of sp³-hybridized carbons (Fsp3) is 0. The zero-order chi connectivity index (χ0) is 9.26. The van der Waals surface area contributed by atoms with E-state index >= 15 is 0 Å². The standard InChI is InChI=1S/C11H6N2/c1-8-9-5-3-4-6-10(9)11(12-2)7-13-8/h1,3-7H. The molecule has 2 nitrogen and oxygen atoms in total. The van der Waals surface area contributed by atoms with E-state index in [1.165, 1.54) is 6.20 Å². The maximum absolute atomic E-state index is 6.94. The molecule has 2 rings (SSSR count). The predicted molar refractivity (Wildman–Crippen MR) is 51.4 cm³/mol. The highest BCUT2D eigenvalue weighted by Gasteiger charge is 2.02. The first kappa shape index (κ1) is 7.75. The van der Waals surface area contributed by atoms with Gasteiger partial charge in [-0.2, -0.15) is 0 Å². The Labute approximate surface area is 76.7 Å². The second-order valence-electron chi connectivity index (χ2n) is 2.69. The number of pyridine rings is 1. The molecule has 0 unspecified atom stereocenters. The molecule has 0 spiro atoms. The first-order chi connectivity index (χ1) is 6.33. The van der Waals surface area contributed by atoms with E-state index < -0.39 is 0 Å². The number of rotatable bonds is 0. The molecule has 60 valence electrons. The smallest absolute Gasteiger partial charge is 0.212 e. The Balaban J connectivity index is 2.95. The summed E-state index contributed by atoms with van der Waals surface area (Å²) in [6, 6.07) is 7.51. The van der Waals surface area contributed by atoms with Crippen molar-refractivity contribution in [2.24, 2.45) is 0 Å². The molecular formula is C11H6N2. The Morgan fingerprint density at radius 3 is 2.62 bits per heavy atom. The molecule has 0 atom stereocenters. The molecule has 1 heterocycles. The van der Waals surface area contributed by atoms with Gasteiger partial charge in [-0.1, -0.05) is 24.3 Å². The fourth-order valence-corrected chi connectivity index (χ4v) is 1.29. The van der Waals surface area contributed by atoms with Crippen LogP contribution in [0.15, 0.2) is 30.5 Å². The third kappa shape index (κ3) is 1.15. The summed E-state index contributed by atoms with van der Waals surface area (Å²) in [5.74, 6) is 0.